The van der Waals surface area contributed by atoms with E-state index in [1.807, 2.05) is 0 Å². The summed E-state index contributed by atoms with van der Waals surface area (Å²) in [5, 5.41) is 0. The molecule has 14 heavy (non-hydrogen) atoms. The molecule has 1 aromatic rings. The molecular formula is C12H16BrN. The van der Waals surface area contributed by atoms with E-state index >= 15 is 0 Å². The molecule has 0 unspecified atom stereocenters. The first-order valence-corrected chi connectivity index (χ1v) is 6.06. The van der Waals surface area contributed by atoms with Crippen molar-refractivity contribution < 1.29 is 0 Å². The normalized spacial score (nSPS) is 27.6. The lowest BCUT2D eigenvalue weighted by atomic mass is 9.82. The maximum absolute atomic E-state index is 6.00. The highest BCUT2D eigenvalue weighted by atomic mass is 79.9. The van der Waals surface area contributed by atoms with Crippen LogP contribution < -0.4 is 5.73 Å². The van der Waals surface area contributed by atoms with Gasteiger partial charge in [0.1, 0.15) is 0 Å². The molecule has 0 radical (unpaired) electrons. The van der Waals surface area contributed by atoms with E-state index in [2.05, 4.69) is 40.2 Å². The Morgan fingerprint density at radius 3 is 2.71 bits per heavy atom. The van der Waals surface area contributed by atoms with Crippen LogP contribution in [-0.4, -0.2) is 6.04 Å². The molecule has 2 rings (SSSR count). The highest BCUT2D eigenvalue weighted by Gasteiger charge is 2.21. The molecule has 0 heterocycles. The van der Waals surface area contributed by atoms with Crippen LogP contribution in [0.5, 0.6) is 0 Å². The van der Waals surface area contributed by atoms with Crippen molar-refractivity contribution in [2.24, 2.45) is 5.73 Å². The minimum atomic E-state index is 0.404. The summed E-state index contributed by atoms with van der Waals surface area (Å²) in [6.07, 6.45) is 4.90. The van der Waals surface area contributed by atoms with Crippen LogP contribution >= 0.6 is 15.9 Å². The van der Waals surface area contributed by atoms with Gasteiger partial charge in [0.2, 0.25) is 0 Å². The van der Waals surface area contributed by atoms with Gasteiger partial charge in [-0.15, -0.1) is 0 Å². The monoisotopic (exact) mass is 253 g/mol. The summed E-state index contributed by atoms with van der Waals surface area (Å²) in [5.74, 6) is 0.661. The summed E-state index contributed by atoms with van der Waals surface area (Å²) >= 11 is 3.61. The average molecular weight is 254 g/mol. The van der Waals surface area contributed by atoms with E-state index in [1.165, 1.54) is 29.3 Å². The van der Waals surface area contributed by atoms with E-state index in [1.54, 1.807) is 0 Å². The van der Waals surface area contributed by atoms with Crippen molar-refractivity contribution in [2.45, 2.75) is 37.6 Å². The van der Waals surface area contributed by atoms with Crippen LogP contribution in [0.1, 0.15) is 37.2 Å². The fourth-order valence-electron chi connectivity index (χ4n) is 2.32. The Hall–Kier alpha value is -0.340. The molecule has 2 heteroatoms. The zero-order chi connectivity index (χ0) is 9.97. The van der Waals surface area contributed by atoms with Crippen LogP contribution in [0.3, 0.4) is 0 Å². The van der Waals surface area contributed by atoms with Gasteiger partial charge in [0, 0.05) is 10.5 Å². The van der Waals surface area contributed by atoms with Crippen LogP contribution in [-0.2, 0) is 0 Å². The van der Waals surface area contributed by atoms with Crippen LogP contribution in [0, 0.1) is 0 Å². The van der Waals surface area contributed by atoms with Gasteiger partial charge in [-0.2, -0.15) is 0 Å². The molecule has 0 amide bonds. The highest BCUT2D eigenvalue weighted by molar-refractivity contribution is 9.10. The standard InChI is InChI=1S/C12H16BrN/c13-12-7-2-1-6-11(12)9-4-3-5-10(14)8-9/h1-2,6-7,9-10H,3-5,8,14H2/t9-,10-/m0/s1. The van der Waals surface area contributed by atoms with Gasteiger partial charge in [-0.25, -0.2) is 0 Å². The third-order valence-electron chi connectivity index (χ3n) is 3.06. The van der Waals surface area contributed by atoms with E-state index in [4.69, 9.17) is 5.73 Å². The Labute approximate surface area is 93.8 Å². The Morgan fingerprint density at radius 1 is 1.21 bits per heavy atom. The molecule has 1 aliphatic rings. The van der Waals surface area contributed by atoms with Gasteiger partial charge in [-0.1, -0.05) is 40.5 Å². The van der Waals surface area contributed by atoms with Gasteiger partial charge in [0.15, 0.2) is 0 Å². The number of nitrogens with two attached hydrogens (primary N) is 1. The third kappa shape index (κ3) is 2.18. The molecule has 2 atom stereocenters. The van der Waals surface area contributed by atoms with Gasteiger partial charge in [0.05, 0.1) is 0 Å². The zero-order valence-corrected chi connectivity index (χ0v) is 9.83. The minimum absolute atomic E-state index is 0.404. The molecule has 2 N–H and O–H groups in total. The molecule has 0 aromatic heterocycles. The second-order valence-corrected chi connectivity index (χ2v) is 5.00. The Bertz CT molecular complexity index is 311. The lowest BCUT2D eigenvalue weighted by Gasteiger charge is -2.27. The molecule has 0 aliphatic heterocycles. The molecule has 0 bridgehead atoms. The van der Waals surface area contributed by atoms with Crippen LogP contribution in [0.2, 0.25) is 0 Å². The van der Waals surface area contributed by atoms with Crippen molar-refractivity contribution in [1.29, 1.82) is 0 Å². The molecule has 1 saturated carbocycles. The van der Waals surface area contributed by atoms with Gasteiger partial charge in [-0.3, -0.25) is 0 Å². The quantitative estimate of drug-likeness (QED) is 0.816. The Morgan fingerprint density at radius 2 is 2.00 bits per heavy atom. The van der Waals surface area contributed by atoms with Gasteiger partial charge in [0.25, 0.3) is 0 Å². The first-order chi connectivity index (χ1) is 6.77. The minimum Gasteiger partial charge on any atom is -0.328 e. The fourth-order valence-corrected chi connectivity index (χ4v) is 2.92. The molecule has 1 aromatic carbocycles. The van der Waals surface area contributed by atoms with Crippen molar-refractivity contribution >= 4 is 15.9 Å². The zero-order valence-electron chi connectivity index (χ0n) is 8.25. The average Bonchev–Trinajstić information content (AvgIpc) is 2.18. The molecule has 0 spiro atoms. The second-order valence-electron chi connectivity index (χ2n) is 4.15. The second kappa shape index (κ2) is 4.45. The lowest BCUT2D eigenvalue weighted by molar-refractivity contribution is 0.392. The van der Waals surface area contributed by atoms with Crippen LogP contribution in [0.4, 0.5) is 0 Å². The van der Waals surface area contributed by atoms with Crippen molar-refractivity contribution in [2.75, 3.05) is 0 Å². The van der Waals surface area contributed by atoms with Gasteiger partial charge < -0.3 is 5.73 Å². The van der Waals surface area contributed by atoms with E-state index in [0.29, 0.717) is 12.0 Å². The van der Waals surface area contributed by atoms with Gasteiger partial charge in [-0.05, 0) is 36.8 Å². The van der Waals surface area contributed by atoms with E-state index < -0.39 is 0 Å². The summed E-state index contributed by atoms with van der Waals surface area (Å²) in [6, 6.07) is 8.92. The van der Waals surface area contributed by atoms with E-state index in [0.717, 1.165) is 6.42 Å². The van der Waals surface area contributed by atoms with Crippen molar-refractivity contribution in [3.63, 3.8) is 0 Å². The van der Waals surface area contributed by atoms with Crippen LogP contribution in [0.15, 0.2) is 28.7 Å². The van der Waals surface area contributed by atoms with E-state index in [9.17, 15) is 0 Å². The first kappa shape index (κ1) is 10.2. The summed E-state index contributed by atoms with van der Waals surface area (Å²) in [7, 11) is 0. The Kier molecular flexibility index (Phi) is 3.24. The fraction of sp³-hybridized carbons (Fsp3) is 0.500. The molecule has 0 saturated heterocycles. The predicted molar refractivity (Wildman–Crippen MR) is 63.3 cm³/mol. The SMILES string of the molecule is N[C@H]1CCC[C@H](c2ccccc2Br)C1. The molecule has 1 nitrogen and oxygen atoms in total. The largest absolute Gasteiger partial charge is 0.328 e. The Balaban J connectivity index is 2.18. The summed E-state index contributed by atoms with van der Waals surface area (Å²) in [5.41, 5.74) is 7.43. The summed E-state index contributed by atoms with van der Waals surface area (Å²) < 4.78 is 1.24. The third-order valence-corrected chi connectivity index (χ3v) is 3.78. The number of benzene rings is 1. The smallest absolute Gasteiger partial charge is 0.0210 e. The van der Waals surface area contributed by atoms with Crippen LogP contribution in [0.25, 0.3) is 0 Å². The maximum atomic E-state index is 6.00. The van der Waals surface area contributed by atoms with Gasteiger partial charge >= 0.3 is 0 Å². The highest BCUT2D eigenvalue weighted by Crippen LogP contribution is 2.35. The van der Waals surface area contributed by atoms with Crippen molar-refractivity contribution in [3.05, 3.63) is 34.3 Å². The number of hydrogen-bond acceptors (Lipinski definition) is 1. The number of halogens is 1. The molecular weight excluding hydrogens is 238 g/mol. The van der Waals surface area contributed by atoms with Crippen molar-refractivity contribution in [1.82, 2.24) is 0 Å². The predicted octanol–water partition coefficient (Wildman–Crippen LogP) is 3.43. The molecule has 1 fully saturated rings. The summed E-state index contributed by atoms with van der Waals surface area (Å²) in [6.45, 7) is 0. The first-order valence-electron chi connectivity index (χ1n) is 5.27. The summed E-state index contributed by atoms with van der Waals surface area (Å²) in [4.78, 5) is 0. The topological polar surface area (TPSA) is 26.0 Å². The van der Waals surface area contributed by atoms with Crippen molar-refractivity contribution in [3.8, 4) is 0 Å². The lowest BCUT2D eigenvalue weighted by Crippen LogP contribution is -2.26. The number of rotatable bonds is 1. The number of hydrogen-bond donors (Lipinski definition) is 1. The maximum Gasteiger partial charge on any atom is 0.0210 e. The molecule has 1 aliphatic carbocycles. The van der Waals surface area contributed by atoms with E-state index in [-0.39, 0.29) is 0 Å². The molecule has 76 valence electrons.